The number of halogens is 2. The second kappa shape index (κ2) is 7.29. The molecule has 2 aromatic rings. The van der Waals surface area contributed by atoms with Gasteiger partial charge in [0.05, 0.1) is 6.10 Å². The van der Waals surface area contributed by atoms with Gasteiger partial charge >= 0.3 is 0 Å². The van der Waals surface area contributed by atoms with Gasteiger partial charge in [0.1, 0.15) is 17.7 Å². The van der Waals surface area contributed by atoms with E-state index >= 15 is 0 Å². The van der Waals surface area contributed by atoms with Crippen molar-refractivity contribution in [2.24, 2.45) is 0 Å². The number of aliphatic hydroxyl groups is 1. The molecule has 2 nitrogen and oxygen atoms in total. The van der Waals surface area contributed by atoms with Gasteiger partial charge in [0.15, 0.2) is 0 Å². The molecule has 112 valence electrons. The predicted molar refractivity (Wildman–Crippen MR) is 76.9 cm³/mol. The minimum Gasteiger partial charge on any atom is -0.390 e. The van der Waals surface area contributed by atoms with E-state index in [4.69, 9.17) is 4.74 Å². The highest BCUT2D eigenvalue weighted by atomic mass is 19.1. The lowest BCUT2D eigenvalue weighted by atomic mass is 9.98. The molecule has 2 unspecified atom stereocenters. The molecule has 0 aromatic heterocycles. The van der Waals surface area contributed by atoms with Gasteiger partial charge in [-0.15, -0.1) is 0 Å². The summed E-state index contributed by atoms with van der Waals surface area (Å²) >= 11 is 0. The molecule has 4 heteroatoms. The normalized spacial score (nSPS) is 13.9. The number of benzene rings is 2. The van der Waals surface area contributed by atoms with Crippen LogP contribution in [-0.4, -0.2) is 17.8 Å². The van der Waals surface area contributed by atoms with Crippen LogP contribution in [0.25, 0.3) is 0 Å². The third-order valence-corrected chi connectivity index (χ3v) is 3.26. The summed E-state index contributed by atoms with van der Waals surface area (Å²) in [6.07, 6.45) is -1.54. The van der Waals surface area contributed by atoms with Crippen molar-refractivity contribution < 1.29 is 18.6 Å². The van der Waals surface area contributed by atoms with Crippen LogP contribution in [0.3, 0.4) is 0 Å². The highest BCUT2D eigenvalue weighted by molar-refractivity contribution is 5.23. The SMILES string of the molecule is CCOC(c1ccccc1)C(O)Cc1cc(F)ccc1F. The van der Waals surface area contributed by atoms with Crippen LogP contribution < -0.4 is 0 Å². The van der Waals surface area contributed by atoms with E-state index in [0.717, 1.165) is 23.8 Å². The molecule has 21 heavy (non-hydrogen) atoms. The Balaban J connectivity index is 2.19. The van der Waals surface area contributed by atoms with Crippen LogP contribution >= 0.6 is 0 Å². The third-order valence-electron chi connectivity index (χ3n) is 3.26. The fourth-order valence-electron chi connectivity index (χ4n) is 2.28. The molecule has 0 bridgehead atoms. The molecule has 0 fully saturated rings. The second-order valence-electron chi connectivity index (χ2n) is 4.79. The maximum Gasteiger partial charge on any atom is 0.126 e. The van der Waals surface area contributed by atoms with Crippen molar-refractivity contribution in [1.29, 1.82) is 0 Å². The summed E-state index contributed by atoms with van der Waals surface area (Å²) in [7, 11) is 0. The van der Waals surface area contributed by atoms with E-state index in [9.17, 15) is 13.9 Å². The fourth-order valence-corrected chi connectivity index (χ4v) is 2.28. The number of aliphatic hydroxyl groups excluding tert-OH is 1. The van der Waals surface area contributed by atoms with Crippen molar-refractivity contribution in [3.8, 4) is 0 Å². The van der Waals surface area contributed by atoms with Gasteiger partial charge in [0.2, 0.25) is 0 Å². The lowest BCUT2D eigenvalue weighted by Crippen LogP contribution is -2.24. The quantitative estimate of drug-likeness (QED) is 0.880. The molecular formula is C17H18F2O2. The van der Waals surface area contributed by atoms with E-state index in [1.54, 1.807) is 0 Å². The second-order valence-corrected chi connectivity index (χ2v) is 4.79. The Morgan fingerprint density at radius 2 is 1.81 bits per heavy atom. The smallest absolute Gasteiger partial charge is 0.126 e. The monoisotopic (exact) mass is 292 g/mol. The molecular weight excluding hydrogens is 274 g/mol. The minimum absolute atomic E-state index is 0.0108. The van der Waals surface area contributed by atoms with E-state index in [1.807, 2.05) is 37.3 Å². The largest absolute Gasteiger partial charge is 0.390 e. The van der Waals surface area contributed by atoms with E-state index in [0.29, 0.717) is 6.61 Å². The summed E-state index contributed by atoms with van der Waals surface area (Å²) in [6.45, 7) is 2.24. The highest BCUT2D eigenvalue weighted by Gasteiger charge is 2.23. The fraction of sp³-hybridized carbons (Fsp3) is 0.294. The Bertz CT molecular complexity index is 572. The Morgan fingerprint density at radius 1 is 1.10 bits per heavy atom. The topological polar surface area (TPSA) is 29.5 Å². The van der Waals surface area contributed by atoms with Gasteiger partial charge in [0, 0.05) is 13.0 Å². The first-order valence-corrected chi connectivity index (χ1v) is 6.90. The third kappa shape index (κ3) is 4.09. The highest BCUT2D eigenvalue weighted by Crippen LogP contribution is 2.24. The zero-order chi connectivity index (χ0) is 15.2. The van der Waals surface area contributed by atoms with Crippen LogP contribution in [-0.2, 0) is 11.2 Å². The van der Waals surface area contributed by atoms with Crippen molar-refractivity contribution in [1.82, 2.24) is 0 Å². The Labute approximate surface area is 123 Å². The van der Waals surface area contributed by atoms with Crippen molar-refractivity contribution in [2.45, 2.75) is 25.6 Å². The minimum atomic E-state index is -0.955. The lowest BCUT2D eigenvalue weighted by Gasteiger charge is -2.23. The van der Waals surface area contributed by atoms with Crippen molar-refractivity contribution in [3.05, 3.63) is 71.3 Å². The van der Waals surface area contributed by atoms with Gasteiger partial charge in [-0.3, -0.25) is 0 Å². The molecule has 1 N–H and O–H groups in total. The molecule has 0 aliphatic carbocycles. The van der Waals surface area contributed by atoms with Gasteiger partial charge in [-0.2, -0.15) is 0 Å². The van der Waals surface area contributed by atoms with E-state index in [2.05, 4.69) is 0 Å². The van der Waals surface area contributed by atoms with Gasteiger partial charge in [-0.05, 0) is 36.2 Å². The molecule has 0 saturated heterocycles. The van der Waals surface area contributed by atoms with Crippen LogP contribution in [0, 0.1) is 11.6 Å². The van der Waals surface area contributed by atoms with Crippen LogP contribution in [0.4, 0.5) is 8.78 Å². The summed E-state index contributed by atoms with van der Waals surface area (Å²) in [5, 5.41) is 10.3. The first kappa shape index (κ1) is 15.6. The van der Waals surface area contributed by atoms with E-state index in [1.165, 1.54) is 0 Å². The summed E-state index contributed by atoms with van der Waals surface area (Å²) in [4.78, 5) is 0. The predicted octanol–water partition coefficient (Wildman–Crippen LogP) is 3.65. The molecule has 0 spiro atoms. The molecule has 2 aromatic carbocycles. The Hall–Kier alpha value is -1.78. The average Bonchev–Trinajstić information content (AvgIpc) is 2.49. The van der Waals surface area contributed by atoms with Crippen molar-refractivity contribution in [2.75, 3.05) is 6.61 Å². The van der Waals surface area contributed by atoms with E-state index < -0.39 is 23.8 Å². The van der Waals surface area contributed by atoms with Gasteiger partial charge in [0.25, 0.3) is 0 Å². The van der Waals surface area contributed by atoms with Crippen LogP contribution in [0.2, 0.25) is 0 Å². The standard InChI is InChI=1S/C17H18F2O2/c1-2-21-17(12-6-4-3-5-7-12)16(20)11-13-10-14(18)8-9-15(13)19/h3-10,16-17,20H,2,11H2,1H3. The maximum atomic E-state index is 13.7. The van der Waals surface area contributed by atoms with Gasteiger partial charge in [-0.1, -0.05) is 30.3 Å². The first-order valence-electron chi connectivity index (χ1n) is 6.90. The summed E-state index contributed by atoms with van der Waals surface area (Å²) in [6, 6.07) is 12.5. The van der Waals surface area contributed by atoms with Crippen LogP contribution in [0.15, 0.2) is 48.5 Å². The summed E-state index contributed by atoms with van der Waals surface area (Å²) in [5.41, 5.74) is 0.951. The molecule has 0 heterocycles. The van der Waals surface area contributed by atoms with Crippen molar-refractivity contribution in [3.63, 3.8) is 0 Å². The number of hydrogen-bond donors (Lipinski definition) is 1. The van der Waals surface area contributed by atoms with Gasteiger partial charge in [-0.25, -0.2) is 8.78 Å². The molecule has 0 aliphatic heterocycles. The average molecular weight is 292 g/mol. The summed E-state index contributed by atoms with van der Waals surface area (Å²) < 4.78 is 32.4. The van der Waals surface area contributed by atoms with Crippen LogP contribution in [0.1, 0.15) is 24.2 Å². The molecule has 2 atom stereocenters. The zero-order valence-electron chi connectivity index (χ0n) is 11.8. The molecule has 0 aliphatic rings. The molecule has 0 amide bonds. The van der Waals surface area contributed by atoms with Crippen molar-refractivity contribution >= 4 is 0 Å². The number of hydrogen-bond acceptors (Lipinski definition) is 2. The first-order chi connectivity index (χ1) is 10.1. The molecule has 0 radical (unpaired) electrons. The molecule has 2 rings (SSSR count). The summed E-state index contributed by atoms with van der Waals surface area (Å²) in [5.74, 6) is -1.05. The Morgan fingerprint density at radius 3 is 2.48 bits per heavy atom. The number of ether oxygens (including phenoxy) is 1. The van der Waals surface area contributed by atoms with Crippen LogP contribution in [0.5, 0.6) is 0 Å². The number of rotatable bonds is 6. The van der Waals surface area contributed by atoms with E-state index in [-0.39, 0.29) is 12.0 Å². The maximum absolute atomic E-state index is 13.7. The van der Waals surface area contributed by atoms with Gasteiger partial charge < -0.3 is 9.84 Å². The lowest BCUT2D eigenvalue weighted by molar-refractivity contribution is -0.0342. The Kier molecular flexibility index (Phi) is 5.42. The zero-order valence-corrected chi connectivity index (χ0v) is 11.8. The molecule has 0 saturated carbocycles.